The van der Waals surface area contributed by atoms with Gasteiger partial charge in [0.1, 0.15) is 16.7 Å². The second-order valence-electron chi connectivity index (χ2n) is 4.25. The molecule has 1 fully saturated rings. The first-order chi connectivity index (χ1) is 9.26. The highest BCUT2D eigenvalue weighted by Crippen LogP contribution is 2.20. The highest BCUT2D eigenvalue weighted by atomic mass is 32.1. The van der Waals surface area contributed by atoms with Gasteiger partial charge in [0.2, 0.25) is 5.91 Å². The van der Waals surface area contributed by atoms with E-state index in [0.29, 0.717) is 26.3 Å². The molecule has 2 N–H and O–H groups in total. The summed E-state index contributed by atoms with van der Waals surface area (Å²) in [6, 6.07) is -0.250. The molecule has 19 heavy (non-hydrogen) atoms. The van der Waals surface area contributed by atoms with Crippen LogP contribution in [0.2, 0.25) is 0 Å². The molecule has 1 aromatic rings. The zero-order chi connectivity index (χ0) is 13.7. The van der Waals surface area contributed by atoms with Crippen LogP contribution in [0.3, 0.4) is 0 Å². The molecule has 0 spiro atoms. The SMILES string of the molecule is CCNC(=O)C1COCCN1Cc1nnsc1NC. The van der Waals surface area contributed by atoms with Crippen molar-refractivity contribution in [1.29, 1.82) is 0 Å². The van der Waals surface area contributed by atoms with E-state index in [1.807, 2.05) is 14.0 Å². The number of likely N-dealkylation sites (N-methyl/N-ethyl adjacent to an activating group) is 1. The maximum atomic E-state index is 12.0. The summed E-state index contributed by atoms with van der Waals surface area (Å²) in [5, 5.41) is 11.0. The molecule has 1 saturated heterocycles. The van der Waals surface area contributed by atoms with Crippen LogP contribution in [-0.2, 0) is 16.1 Å². The van der Waals surface area contributed by atoms with Crippen LogP contribution in [0.25, 0.3) is 0 Å². The maximum absolute atomic E-state index is 12.0. The lowest BCUT2D eigenvalue weighted by atomic mass is 10.2. The molecule has 106 valence electrons. The molecular weight excluding hydrogens is 266 g/mol. The summed E-state index contributed by atoms with van der Waals surface area (Å²) in [7, 11) is 1.85. The molecule has 1 aliphatic rings. The Morgan fingerprint density at radius 3 is 3.21 bits per heavy atom. The van der Waals surface area contributed by atoms with E-state index in [2.05, 4.69) is 25.1 Å². The highest BCUT2D eigenvalue weighted by molar-refractivity contribution is 7.10. The number of morpholine rings is 1. The predicted molar refractivity (Wildman–Crippen MR) is 73.2 cm³/mol. The van der Waals surface area contributed by atoms with Crippen molar-refractivity contribution in [2.75, 3.05) is 38.7 Å². The van der Waals surface area contributed by atoms with E-state index in [9.17, 15) is 4.79 Å². The lowest BCUT2D eigenvalue weighted by molar-refractivity contribution is -0.132. The van der Waals surface area contributed by atoms with Crippen LogP contribution in [0.15, 0.2) is 0 Å². The van der Waals surface area contributed by atoms with Crippen LogP contribution in [-0.4, -0.2) is 59.8 Å². The molecule has 2 heterocycles. The number of nitrogens with one attached hydrogen (secondary N) is 2. The number of amides is 1. The number of anilines is 1. The number of rotatable bonds is 5. The second-order valence-corrected chi connectivity index (χ2v) is 5.01. The van der Waals surface area contributed by atoms with Gasteiger partial charge in [-0.05, 0) is 6.92 Å². The zero-order valence-corrected chi connectivity index (χ0v) is 12.0. The number of carbonyl (C=O) groups excluding carboxylic acids is 1. The Hall–Kier alpha value is -1.25. The van der Waals surface area contributed by atoms with Gasteiger partial charge in [0.05, 0.1) is 13.2 Å². The zero-order valence-electron chi connectivity index (χ0n) is 11.2. The van der Waals surface area contributed by atoms with Gasteiger partial charge in [0.25, 0.3) is 0 Å². The number of hydrogen-bond donors (Lipinski definition) is 2. The van der Waals surface area contributed by atoms with E-state index < -0.39 is 0 Å². The van der Waals surface area contributed by atoms with E-state index in [1.54, 1.807) is 0 Å². The number of carbonyl (C=O) groups is 1. The monoisotopic (exact) mass is 285 g/mol. The summed E-state index contributed by atoms with van der Waals surface area (Å²) >= 11 is 1.33. The minimum absolute atomic E-state index is 0.0106. The van der Waals surface area contributed by atoms with Gasteiger partial charge >= 0.3 is 0 Å². The fourth-order valence-corrected chi connectivity index (χ4v) is 2.58. The Morgan fingerprint density at radius 2 is 2.47 bits per heavy atom. The average molecular weight is 285 g/mol. The summed E-state index contributed by atoms with van der Waals surface area (Å²) < 4.78 is 9.34. The van der Waals surface area contributed by atoms with Crippen molar-refractivity contribution in [1.82, 2.24) is 19.8 Å². The van der Waals surface area contributed by atoms with E-state index in [0.717, 1.165) is 17.2 Å². The molecule has 7 nitrogen and oxygen atoms in total. The molecule has 0 bridgehead atoms. The minimum atomic E-state index is -0.250. The number of nitrogens with zero attached hydrogens (tertiary/aromatic N) is 3. The van der Waals surface area contributed by atoms with Gasteiger partial charge in [-0.25, -0.2) is 0 Å². The van der Waals surface area contributed by atoms with E-state index in [-0.39, 0.29) is 11.9 Å². The first-order valence-electron chi connectivity index (χ1n) is 6.34. The molecule has 0 radical (unpaired) electrons. The Balaban J connectivity index is 2.05. The Labute approximate surface area is 116 Å². The van der Waals surface area contributed by atoms with Crippen LogP contribution in [0.5, 0.6) is 0 Å². The molecule has 1 aliphatic heterocycles. The van der Waals surface area contributed by atoms with Crippen LogP contribution in [0.1, 0.15) is 12.6 Å². The summed E-state index contributed by atoms with van der Waals surface area (Å²) in [5.74, 6) is 0.0106. The molecule has 1 atom stereocenters. The first-order valence-corrected chi connectivity index (χ1v) is 7.12. The van der Waals surface area contributed by atoms with Crippen LogP contribution >= 0.6 is 11.5 Å². The lowest BCUT2D eigenvalue weighted by Crippen LogP contribution is -2.53. The summed E-state index contributed by atoms with van der Waals surface area (Å²) in [6.07, 6.45) is 0. The van der Waals surface area contributed by atoms with E-state index in [1.165, 1.54) is 11.5 Å². The van der Waals surface area contributed by atoms with Gasteiger partial charge < -0.3 is 15.4 Å². The largest absolute Gasteiger partial charge is 0.378 e. The van der Waals surface area contributed by atoms with Crippen molar-refractivity contribution in [3.63, 3.8) is 0 Å². The fraction of sp³-hybridized carbons (Fsp3) is 0.727. The normalized spacial score (nSPS) is 20.2. The molecule has 0 saturated carbocycles. The van der Waals surface area contributed by atoms with Crippen molar-refractivity contribution in [3.05, 3.63) is 5.69 Å². The maximum Gasteiger partial charge on any atom is 0.239 e. The molecule has 1 unspecified atom stereocenters. The number of hydrogen-bond acceptors (Lipinski definition) is 7. The number of ether oxygens (including phenoxy) is 1. The first kappa shape index (κ1) is 14.2. The summed E-state index contributed by atoms with van der Waals surface area (Å²) in [5.41, 5.74) is 0.878. The lowest BCUT2D eigenvalue weighted by Gasteiger charge is -2.33. The molecule has 8 heteroatoms. The molecule has 2 rings (SSSR count). The molecule has 0 aromatic carbocycles. The second kappa shape index (κ2) is 6.78. The molecule has 1 amide bonds. The van der Waals surface area contributed by atoms with Crippen molar-refractivity contribution < 1.29 is 9.53 Å². The summed E-state index contributed by atoms with van der Waals surface area (Å²) in [6.45, 7) is 4.94. The van der Waals surface area contributed by atoms with Gasteiger partial charge in [-0.2, -0.15) is 0 Å². The Bertz CT molecular complexity index is 425. The smallest absolute Gasteiger partial charge is 0.239 e. The van der Waals surface area contributed by atoms with Crippen molar-refractivity contribution in [3.8, 4) is 0 Å². The van der Waals surface area contributed by atoms with Gasteiger partial charge in [-0.1, -0.05) is 4.49 Å². The Morgan fingerprint density at radius 1 is 1.63 bits per heavy atom. The van der Waals surface area contributed by atoms with Crippen LogP contribution < -0.4 is 10.6 Å². The fourth-order valence-electron chi connectivity index (χ4n) is 2.06. The molecule has 1 aromatic heterocycles. The van der Waals surface area contributed by atoms with Gasteiger partial charge in [0, 0.05) is 38.2 Å². The highest BCUT2D eigenvalue weighted by Gasteiger charge is 2.30. The standard InChI is InChI=1S/C11H19N5O2S/c1-3-13-10(17)9-7-18-5-4-16(9)6-8-11(12-2)19-15-14-8/h9,12H,3-7H2,1-2H3,(H,13,17). The number of aromatic nitrogens is 2. The third-order valence-electron chi connectivity index (χ3n) is 3.03. The molecule has 0 aliphatic carbocycles. The minimum Gasteiger partial charge on any atom is -0.378 e. The van der Waals surface area contributed by atoms with Gasteiger partial charge in [-0.3, -0.25) is 9.69 Å². The van der Waals surface area contributed by atoms with Crippen molar-refractivity contribution in [2.45, 2.75) is 19.5 Å². The third kappa shape index (κ3) is 3.40. The van der Waals surface area contributed by atoms with E-state index in [4.69, 9.17) is 4.74 Å². The van der Waals surface area contributed by atoms with E-state index >= 15 is 0 Å². The van der Waals surface area contributed by atoms with Crippen LogP contribution in [0, 0.1) is 0 Å². The average Bonchev–Trinajstić information content (AvgIpc) is 2.87. The van der Waals surface area contributed by atoms with Crippen molar-refractivity contribution in [2.24, 2.45) is 0 Å². The quantitative estimate of drug-likeness (QED) is 0.787. The van der Waals surface area contributed by atoms with Gasteiger partial charge in [0.15, 0.2) is 0 Å². The predicted octanol–water partition coefficient (Wildman–Crippen LogP) is -0.0833. The van der Waals surface area contributed by atoms with Crippen molar-refractivity contribution >= 4 is 22.4 Å². The Kier molecular flexibility index (Phi) is 5.06. The summed E-state index contributed by atoms with van der Waals surface area (Å²) in [4.78, 5) is 14.1. The van der Waals surface area contributed by atoms with Gasteiger partial charge in [-0.15, -0.1) is 5.10 Å². The third-order valence-corrected chi connectivity index (χ3v) is 3.81. The molecular formula is C11H19N5O2S. The topological polar surface area (TPSA) is 79.4 Å². The van der Waals surface area contributed by atoms with Crippen LogP contribution in [0.4, 0.5) is 5.00 Å².